The minimum atomic E-state index is -4.15. The van der Waals surface area contributed by atoms with Crippen LogP contribution in [-0.2, 0) is 26.2 Å². The van der Waals surface area contributed by atoms with Gasteiger partial charge in [0, 0.05) is 17.5 Å². The quantitative estimate of drug-likeness (QED) is 0.207. The minimum absolute atomic E-state index is 0.0676. The highest BCUT2D eigenvalue weighted by atomic mass is 32.2. The van der Waals surface area contributed by atoms with Gasteiger partial charge in [0.25, 0.3) is 10.0 Å². The lowest BCUT2D eigenvalue weighted by Crippen LogP contribution is -2.53. The number of nitrogens with zero attached hydrogens (tertiary/aromatic N) is 2. The first-order valence-corrected chi connectivity index (χ1v) is 17.3. The summed E-state index contributed by atoms with van der Waals surface area (Å²) >= 11 is 1.51. The molecular formula is C33H43N3O5S2. The lowest BCUT2D eigenvalue weighted by molar-refractivity contribution is -0.140. The molecule has 0 radical (unpaired) electrons. The molecule has 0 fully saturated rings. The summed E-state index contributed by atoms with van der Waals surface area (Å²) in [6.45, 7) is 9.71. The van der Waals surface area contributed by atoms with E-state index in [2.05, 4.69) is 5.32 Å². The first-order chi connectivity index (χ1) is 20.5. The molecule has 0 spiro atoms. The van der Waals surface area contributed by atoms with Crippen molar-refractivity contribution in [3.63, 3.8) is 0 Å². The Bertz CT molecular complexity index is 1460. The molecule has 0 aromatic heterocycles. The Balaban J connectivity index is 2.08. The summed E-state index contributed by atoms with van der Waals surface area (Å²) in [5.74, 6) is -0.150. The zero-order valence-electron chi connectivity index (χ0n) is 25.9. The molecule has 232 valence electrons. The van der Waals surface area contributed by atoms with Crippen LogP contribution in [0.4, 0.5) is 5.69 Å². The van der Waals surface area contributed by atoms with E-state index in [0.717, 1.165) is 26.7 Å². The Hall–Kier alpha value is -3.50. The molecule has 0 aliphatic heterocycles. The SMILES string of the molecule is CCOc1ccc(N(CC(=O)N(Cc2ccccc2C)C(CC)C(=O)NC(C)CC)S(=O)(=O)c2ccc(SC)cc2)cc1. The van der Waals surface area contributed by atoms with Crippen LogP contribution in [0.25, 0.3) is 0 Å². The van der Waals surface area contributed by atoms with Crippen molar-refractivity contribution >= 4 is 39.3 Å². The number of thioether (sulfide) groups is 1. The van der Waals surface area contributed by atoms with Crippen molar-refractivity contribution < 1.29 is 22.7 Å². The monoisotopic (exact) mass is 625 g/mol. The molecule has 8 nitrogen and oxygen atoms in total. The number of hydrogen-bond acceptors (Lipinski definition) is 6. The highest BCUT2D eigenvalue weighted by Gasteiger charge is 2.34. The van der Waals surface area contributed by atoms with Gasteiger partial charge in [0.2, 0.25) is 11.8 Å². The van der Waals surface area contributed by atoms with Gasteiger partial charge >= 0.3 is 0 Å². The van der Waals surface area contributed by atoms with Gasteiger partial charge in [0.15, 0.2) is 0 Å². The molecule has 3 aromatic carbocycles. The zero-order chi connectivity index (χ0) is 31.6. The Kier molecular flexibility index (Phi) is 12.5. The standard InChI is InChI=1S/C33H43N3O5S2/c1-7-25(5)34-33(38)31(8-2)35(22-26-13-11-10-12-24(26)4)32(37)23-36(27-14-16-28(17-15-27)41-9-3)43(39,40)30-20-18-29(42-6)19-21-30/h10-21,25,31H,7-9,22-23H2,1-6H3,(H,34,38). The third kappa shape index (κ3) is 8.76. The van der Waals surface area contributed by atoms with E-state index < -0.39 is 28.5 Å². The molecule has 1 N–H and O–H groups in total. The summed E-state index contributed by atoms with van der Waals surface area (Å²) in [5.41, 5.74) is 2.18. The van der Waals surface area contributed by atoms with E-state index in [1.54, 1.807) is 48.5 Å². The number of ether oxygens (including phenoxy) is 1. The van der Waals surface area contributed by atoms with Crippen LogP contribution in [0.15, 0.2) is 82.6 Å². The van der Waals surface area contributed by atoms with E-state index in [9.17, 15) is 18.0 Å². The number of carbonyl (C=O) groups is 2. The minimum Gasteiger partial charge on any atom is -0.494 e. The fourth-order valence-electron chi connectivity index (χ4n) is 4.61. The number of carbonyl (C=O) groups excluding carboxylic acids is 2. The first-order valence-electron chi connectivity index (χ1n) is 14.6. The van der Waals surface area contributed by atoms with Crippen LogP contribution in [0.2, 0.25) is 0 Å². The zero-order valence-corrected chi connectivity index (χ0v) is 27.5. The van der Waals surface area contributed by atoms with E-state index >= 15 is 0 Å². The second kappa shape index (κ2) is 15.8. The molecule has 3 aromatic rings. The molecule has 3 rings (SSSR count). The molecule has 0 bridgehead atoms. The van der Waals surface area contributed by atoms with Gasteiger partial charge in [0.05, 0.1) is 17.2 Å². The fraction of sp³-hybridized carbons (Fsp3) is 0.394. The van der Waals surface area contributed by atoms with Gasteiger partial charge in [0.1, 0.15) is 18.3 Å². The molecule has 0 heterocycles. The molecule has 0 aliphatic carbocycles. The van der Waals surface area contributed by atoms with Crippen LogP contribution in [0, 0.1) is 6.92 Å². The van der Waals surface area contributed by atoms with Crippen LogP contribution in [-0.4, -0.2) is 56.6 Å². The van der Waals surface area contributed by atoms with E-state index in [4.69, 9.17) is 4.74 Å². The van der Waals surface area contributed by atoms with Gasteiger partial charge in [-0.1, -0.05) is 38.1 Å². The molecule has 0 saturated heterocycles. The molecule has 2 amide bonds. The molecule has 43 heavy (non-hydrogen) atoms. The number of aryl methyl sites for hydroxylation is 1. The third-order valence-electron chi connectivity index (χ3n) is 7.35. The van der Waals surface area contributed by atoms with Gasteiger partial charge in [-0.2, -0.15) is 0 Å². The number of sulfonamides is 1. The Morgan fingerprint density at radius 3 is 2.14 bits per heavy atom. The number of anilines is 1. The van der Waals surface area contributed by atoms with Crippen molar-refractivity contribution in [3.8, 4) is 5.75 Å². The Morgan fingerprint density at radius 1 is 0.930 bits per heavy atom. The average Bonchev–Trinajstić information content (AvgIpc) is 3.01. The maximum absolute atomic E-state index is 14.3. The van der Waals surface area contributed by atoms with E-state index in [-0.39, 0.29) is 23.4 Å². The topological polar surface area (TPSA) is 96.0 Å². The second-order valence-electron chi connectivity index (χ2n) is 10.3. The van der Waals surface area contributed by atoms with Crippen LogP contribution >= 0.6 is 11.8 Å². The third-order valence-corrected chi connectivity index (χ3v) is 9.88. The summed E-state index contributed by atoms with van der Waals surface area (Å²) < 4.78 is 34.9. The number of rotatable bonds is 15. The van der Waals surface area contributed by atoms with Crippen LogP contribution in [0.5, 0.6) is 5.75 Å². The van der Waals surface area contributed by atoms with Crippen LogP contribution < -0.4 is 14.4 Å². The predicted molar refractivity (Wildman–Crippen MR) is 174 cm³/mol. The summed E-state index contributed by atoms with van der Waals surface area (Å²) in [5, 5.41) is 3.01. The molecular weight excluding hydrogens is 583 g/mol. The summed E-state index contributed by atoms with van der Waals surface area (Å²) in [7, 11) is -4.15. The van der Waals surface area contributed by atoms with Crippen molar-refractivity contribution in [1.82, 2.24) is 10.2 Å². The molecule has 10 heteroatoms. The van der Waals surface area contributed by atoms with E-state index in [1.807, 2.05) is 65.1 Å². The Morgan fingerprint density at radius 2 is 1.58 bits per heavy atom. The number of hydrogen-bond donors (Lipinski definition) is 1. The van der Waals surface area contributed by atoms with Gasteiger partial charge in [-0.05, 0) is 99.5 Å². The maximum atomic E-state index is 14.3. The highest BCUT2D eigenvalue weighted by Crippen LogP contribution is 2.28. The maximum Gasteiger partial charge on any atom is 0.264 e. The lowest BCUT2D eigenvalue weighted by atomic mass is 10.1. The molecule has 2 unspecified atom stereocenters. The highest BCUT2D eigenvalue weighted by molar-refractivity contribution is 7.98. The number of nitrogens with one attached hydrogen (secondary N) is 1. The summed E-state index contributed by atoms with van der Waals surface area (Å²) in [6, 6.07) is 20.0. The van der Waals surface area contributed by atoms with Crippen molar-refractivity contribution in [2.75, 3.05) is 23.7 Å². The van der Waals surface area contributed by atoms with Crippen molar-refractivity contribution in [3.05, 3.63) is 83.9 Å². The predicted octanol–water partition coefficient (Wildman–Crippen LogP) is 6.03. The van der Waals surface area contributed by atoms with Gasteiger partial charge in [-0.3, -0.25) is 13.9 Å². The summed E-state index contributed by atoms with van der Waals surface area (Å²) in [6.07, 6.45) is 3.03. The average molecular weight is 626 g/mol. The lowest BCUT2D eigenvalue weighted by Gasteiger charge is -2.34. The molecule has 0 saturated carbocycles. The van der Waals surface area contributed by atoms with Crippen molar-refractivity contribution in [2.45, 2.75) is 75.9 Å². The fourth-order valence-corrected chi connectivity index (χ4v) is 6.43. The normalized spacial score (nSPS) is 12.7. The van der Waals surface area contributed by atoms with Crippen LogP contribution in [0.1, 0.15) is 51.7 Å². The second-order valence-corrected chi connectivity index (χ2v) is 13.0. The van der Waals surface area contributed by atoms with Crippen molar-refractivity contribution in [1.29, 1.82) is 0 Å². The Labute approximate surface area is 260 Å². The first kappa shape index (κ1) is 34.0. The van der Waals surface area contributed by atoms with Gasteiger partial charge < -0.3 is 15.0 Å². The van der Waals surface area contributed by atoms with Gasteiger partial charge in [-0.15, -0.1) is 11.8 Å². The van der Waals surface area contributed by atoms with E-state index in [0.29, 0.717) is 24.5 Å². The molecule has 0 aliphatic rings. The number of amides is 2. The van der Waals surface area contributed by atoms with Crippen molar-refractivity contribution in [2.24, 2.45) is 0 Å². The summed E-state index contributed by atoms with van der Waals surface area (Å²) in [4.78, 5) is 30.2. The largest absolute Gasteiger partial charge is 0.494 e. The van der Waals surface area contributed by atoms with Gasteiger partial charge in [-0.25, -0.2) is 8.42 Å². The molecule has 2 atom stereocenters. The number of benzene rings is 3. The van der Waals surface area contributed by atoms with E-state index in [1.165, 1.54) is 16.7 Å². The smallest absolute Gasteiger partial charge is 0.264 e. The van der Waals surface area contributed by atoms with Crippen LogP contribution in [0.3, 0.4) is 0 Å².